The normalized spacial score (nSPS) is 11.5. The van der Waals surface area contributed by atoms with E-state index in [-0.39, 0.29) is 11.5 Å². The molecule has 6 heteroatoms. The number of hydrogen-bond donors (Lipinski definition) is 1. The predicted octanol–water partition coefficient (Wildman–Crippen LogP) is 1.72. The van der Waals surface area contributed by atoms with Crippen molar-refractivity contribution in [3.63, 3.8) is 0 Å². The van der Waals surface area contributed by atoms with E-state index in [0.717, 1.165) is 4.47 Å². The fourth-order valence-corrected chi connectivity index (χ4v) is 3.33. The van der Waals surface area contributed by atoms with Crippen LogP contribution in [0.5, 0.6) is 5.75 Å². The standard InChI is InChI=1S/C11H16BrNO3S/c1-16-11-4-3-10(12)7-9(11)8-17(14,15)6-2-5-13/h3-4,7H,2,5-6,8,13H2,1H3. The monoisotopic (exact) mass is 321 g/mol. The first-order valence-electron chi connectivity index (χ1n) is 5.21. The minimum Gasteiger partial charge on any atom is -0.496 e. The first-order chi connectivity index (χ1) is 7.98. The van der Waals surface area contributed by atoms with Crippen molar-refractivity contribution in [3.8, 4) is 5.75 Å². The van der Waals surface area contributed by atoms with Crippen LogP contribution in [0.1, 0.15) is 12.0 Å². The summed E-state index contributed by atoms with van der Waals surface area (Å²) in [6, 6.07) is 5.32. The third-order valence-electron chi connectivity index (χ3n) is 2.28. The molecule has 0 aliphatic carbocycles. The van der Waals surface area contributed by atoms with Crippen molar-refractivity contribution >= 4 is 25.8 Å². The number of rotatable bonds is 6. The van der Waals surface area contributed by atoms with Crippen LogP contribution in [0.4, 0.5) is 0 Å². The van der Waals surface area contributed by atoms with Gasteiger partial charge in [-0.05, 0) is 31.2 Å². The van der Waals surface area contributed by atoms with Crippen molar-refractivity contribution in [2.24, 2.45) is 5.73 Å². The second-order valence-corrected chi connectivity index (χ2v) is 6.79. The zero-order valence-electron chi connectivity index (χ0n) is 9.65. The van der Waals surface area contributed by atoms with Crippen LogP contribution >= 0.6 is 15.9 Å². The van der Waals surface area contributed by atoms with E-state index in [2.05, 4.69) is 15.9 Å². The van der Waals surface area contributed by atoms with Crippen LogP contribution in [-0.2, 0) is 15.6 Å². The molecule has 0 aliphatic heterocycles. The summed E-state index contributed by atoms with van der Waals surface area (Å²) in [7, 11) is -1.60. The van der Waals surface area contributed by atoms with Gasteiger partial charge in [-0.3, -0.25) is 0 Å². The highest BCUT2D eigenvalue weighted by Crippen LogP contribution is 2.25. The number of halogens is 1. The molecule has 0 amide bonds. The van der Waals surface area contributed by atoms with Crippen LogP contribution < -0.4 is 10.5 Å². The van der Waals surface area contributed by atoms with E-state index in [4.69, 9.17) is 10.5 Å². The Hall–Kier alpha value is -0.590. The van der Waals surface area contributed by atoms with Gasteiger partial charge in [0.25, 0.3) is 0 Å². The molecule has 0 radical (unpaired) electrons. The summed E-state index contributed by atoms with van der Waals surface area (Å²) in [5, 5.41) is 0. The van der Waals surface area contributed by atoms with Gasteiger partial charge in [-0.1, -0.05) is 15.9 Å². The van der Waals surface area contributed by atoms with Gasteiger partial charge in [-0.25, -0.2) is 8.42 Å². The Morgan fingerprint density at radius 2 is 2.12 bits per heavy atom. The van der Waals surface area contributed by atoms with Gasteiger partial charge >= 0.3 is 0 Å². The summed E-state index contributed by atoms with van der Waals surface area (Å²) in [6.45, 7) is 0.384. The molecule has 2 N–H and O–H groups in total. The van der Waals surface area contributed by atoms with Gasteiger partial charge in [0.15, 0.2) is 9.84 Å². The van der Waals surface area contributed by atoms with Crippen molar-refractivity contribution in [2.45, 2.75) is 12.2 Å². The van der Waals surface area contributed by atoms with Crippen molar-refractivity contribution < 1.29 is 13.2 Å². The molecule has 0 unspecified atom stereocenters. The number of methoxy groups -OCH3 is 1. The smallest absolute Gasteiger partial charge is 0.154 e. The van der Waals surface area contributed by atoms with Gasteiger partial charge in [0.2, 0.25) is 0 Å². The molecular formula is C11H16BrNO3S. The average molecular weight is 322 g/mol. The topological polar surface area (TPSA) is 69.4 Å². The Balaban J connectivity index is 2.90. The Morgan fingerprint density at radius 3 is 2.71 bits per heavy atom. The molecule has 0 spiro atoms. The van der Waals surface area contributed by atoms with Crippen LogP contribution in [0, 0.1) is 0 Å². The van der Waals surface area contributed by atoms with Crippen LogP contribution in [0.15, 0.2) is 22.7 Å². The molecule has 0 atom stereocenters. The fraction of sp³-hybridized carbons (Fsp3) is 0.455. The summed E-state index contributed by atoms with van der Waals surface area (Å²) >= 11 is 3.32. The number of benzene rings is 1. The second kappa shape index (κ2) is 6.37. The molecule has 4 nitrogen and oxygen atoms in total. The first-order valence-corrected chi connectivity index (χ1v) is 7.83. The van der Waals surface area contributed by atoms with E-state index in [0.29, 0.717) is 24.3 Å². The van der Waals surface area contributed by atoms with Gasteiger partial charge in [-0.2, -0.15) is 0 Å². The highest BCUT2D eigenvalue weighted by atomic mass is 79.9. The minimum atomic E-state index is -3.13. The molecule has 1 rings (SSSR count). The summed E-state index contributed by atoms with van der Waals surface area (Å²) in [5.41, 5.74) is 5.98. The molecule has 0 aromatic heterocycles. The summed E-state index contributed by atoms with van der Waals surface area (Å²) in [6.07, 6.45) is 0.485. The third kappa shape index (κ3) is 4.65. The maximum Gasteiger partial charge on any atom is 0.154 e. The first kappa shape index (κ1) is 14.5. The fourth-order valence-electron chi connectivity index (χ4n) is 1.47. The average Bonchev–Trinajstić information content (AvgIpc) is 2.26. The number of hydrogen-bond acceptors (Lipinski definition) is 4. The lowest BCUT2D eigenvalue weighted by atomic mass is 10.2. The Morgan fingerprint density at radius 1 is 1.41 bits per heavy atom. The molecule has 0 saturated heterocycles. The van der Waals surface area contributed by atoms with Crippen molar-refractivity contribution in [1.29, 1.82) is 0 Å². The van der Waals surface area contributed by atoms with Gasteiger partial charge in [0.1, 0.15) is 5.75 Å². The lowest BCUT2D eigenvalue weighted by Gasteiger charge is -2.09. The van der Waals surface area contributed by atoms with Crippen molar-refractivity contribution in [1.82, 2.24) is 0 Å². The van der Waals surface area contributed by atoms with Gasteiger partial charge in [0, 0.05) is 10.0 Å². The molecule has 0 aliphatic rings. The molecule has 17 heavy (non-hydrogen) atoms. The molecule has 1 aromatic carbocycles. The van der Waals surface area contributed by atoms with Crippen LogP contribution in [0.2, 0.25) is 0 Å². The highest BCUT2D eigenvalue weighted by molar-refractivity contribution is 9.10. The number of sulfone groups is 1. The molecule has 0 heterocycles. The van der Waals surface area contributed by atoms with E-state index in [1.807, 2.05) is 6.07 Å². The van der Waals surface area contributed by atoms with E-state index >= 15 is 0 Å². The van der Waals surface area contributed by atoms with E-state index < -0.39 is 9.84 Å². The molecule has 0 fully saturated rings. The Bertz CT molecular complexity index is 474. The molecule has 96 valence electrons. The maximum absolute atomic E-state index is 11.8. The van der Waals surface area contributed by atoms with Crippen LogP contribution in [0.25, 0.3) is 0 Å². The van der Waals surface area contributed by atoms with Crippen molar-refractivity contribution in [2.75, 3.05) is 19.4 Å². The van der Waals surface area contributed by atoms with Crippen LogP contribution in [-0.4, -0.2) is 27.8 Å². The molecule has 0 bridgehead atoms. The largest absolute Gasteiger partial charge is 0.496 e. The van der Waals surface area contributed by atoms with E-state index in [1.165, 1.54) is 7.11 Å². The van der Waals surface area contributed by atoms with E-state index in [1.54, 1.807) is 12.1 Å². The van der Waals surface area contributed by atoms with Crippen molar-refractivity contribution in [3.05, 3.63) is 28.2 Å². The maximum atomic E-state index is 11.8. The Kier molecular flexibility index (Phi) is 5.42. The number of ether oxygens (including phenoxy) is 1. The molecule has 1 aromatic rings. The van der Waals surface area contributed by atoms with Gasteiger partial charge in [-0.15, -0.1) is 0 Å². The van der Waals surface area contributed by atoms with E-state index in [9.17, 15) is 8.42 Å². The van der Waals surface area contributed by atoms with Crippen LogP contribution in [0.3, 0.4) is 0 Å². The summed E-state index contributed by atoms with van der Waals surface area (Å²) < 4.78 is 29.6. The highest BCUT2D eigenvalue weighted by Gasteiger charge is 2.15. The lowest BCUT2D eigenvalue weighted by molar-refractivity contribution is 0.411. The van der Waals surface area contributed by atoms with Gasteiger partial charge in [0.05, 0.1) is 18.6 Å². The summed E-state index contributed by atoms with van der Waals surface area (Å²) in [5.74, 6) is 0.680. The zero-order chi connectivity index (χ0) is 12.9. The third-order valence-corrected chi connectivity index (χ3v) is 4.43. The lowest BCUT2D eigenvalue weighted by Crippen LogP contribution is -2.13. The molecule has 0 saturated carbocycles. The SMILES string of the molecule is COc1ccc(Br)cc1CS(=O)(=O)CCCN. The minimum absolute atomic E-state index is 0.0182. The molecular weight excluding hydrogens is 306 g/mol. The quantitative estimate of drug-likeness (QED) is 0.866. The predicted molar refractivity (Wildman–Crippen MR) is 71.9 cm³/mol. The second-order valence-electron chi connectivity index (χ2n) is 3.69. The Labute approximate surface area is 110 Å². The van der Waals surface area contributed by atoms with Gasteiger partial charge < -0.3 is 10.5 Å². The zero-order valence-corrected chi connectivity index (χ0v) is 12.1. The summed E-state index contributed by atoms with van der Waals surface area (Å²) in [4.78, 5) is 0. The number of nitrogens with two attached hydrogens (primary N) is 1.